The van der Waals surface area contributed by atoms with Gasteiger partial charge in [-0.3, -0.25) is 0 Å². The molecule has 0 aromatic carbocycles. The highest BCUT2D eigenvalue weighted by molar-refractivity contribution is 5.66. The van der Waals surface area contributed by atoms with Crippen molar-refractivity contribution in [2.75, 3.05) is 20.2 Å². The Labute approximate surface area is 91.8 Å². The van der Waals surface area contributed by atoms with Gasteiger partial charge in [0.25, 0.3) is 0 Å². The van der Waals surface area contributed by atoms with Gasteiger partial charge in [0.2, 0.25) is 0 Å². The number of unbranched alkanes of at least 4 members (excludes halogenated alkanes) is 1. The molecule has 1 atom stereocenters. The Balaban J connectivity index is 1.89. The molecule has 1 unspecified atom stereocenters. The van der Waals surface area contributed by atoms with E-state index in [9.17, 15) is 4.79 Å². The average Bonchev–Trinajstić information content (AvgIpc) is 2.29. The van der Waals surface area contributed by atoms with Gasteiger partial charge in [-0.05, 0) is 32.2 Å². The van der Waals surface area contributed by atoms with Crippen LogP contribution in [0.1, 0.15) is 38.5 Å². The molecule has 1 fully saturated rings. The molecule has 4 nitrogen and oxygen atoms in total. The van der Waals surface area contributed by atoms with E-state index in [4.69, 9.17) is 0 Å². The van der Waals surface area contributed by atoms with Crippen LogP contribution in [0.3, 0.4) is 0 Å². The lowest BCUT2D eigenvalue weighted by Crippen LogP contribution is -2.34. The van der Waals surface area contributed by atoms with Crippen molar-refractivity contribution in [3.05, 3.63) is 0 Å². The van der Waals surface area contributed by atoms with Gasteiger partial charge < -0.3 is 15.4 Å². The summed E-state index contributed by atoms with van der Waals surface area (Å²) >= 11 is 0. The number of nitrogens with one attached hydrogen (secondary N) is 2. The fourth-order valence-electron chi connectivity index (χ4n) is 1.95. The molecule has 1 heterocycles. The van der Waals surface area contributed by atoms with Gasteiger partial charge in [0.05, 0.1) is 7.11 Å². The van der Waals surface area contributed by atoms with Crippen LogP contribution in [0, 0.1) is 0 Å². The van der Waals surface area contributed by atoms with Crippen LogP contribution in [0.4, 0.5) is 4.79 Å². The summed E-state index contributed by atoms with van der Waals surface area (Å²) < 4.78 is 4.48. The number of carbonyl (C=O) groups excluding carboxylic acids is 1. The maximum Gasteiger partial charge on any atom is 0.406 e. The molecular weight excluding hydrogens is 192 g/mol. The maximum atomic E-state index is 10.7. The zero-order chi connectivity index (χ0) is 10.9. The molecule has 4 heteroatoms. The summed E-state index contributed by atoms with van der Waals surface area (Å²) in [5.41, 5.74) is 0. The van der Waals surface area contributed by atoms with E-state index in [1.54, 1.807) is 0 Å². The lowest BCUT2D eigenvalue weighted by molar-refractivity contribution is 0.171. The third-order valence-corrected chi connectivity index (χ3v) is 2.85. The summed E-state index contributed by atoms with van der Waals surface area (Å²) in [5, 5.41) is 6.21. The van der Waals surface area contributed by atoms with Gasteiger partial charge in [-0.1, -0.05) is 12.8 Å². The zero-order valence-corrected chi connectivity index (χ0v) is 9.55. The van der Waals surface area contributed by atoms with Crippen LogP contribution in [0.2, 0.25) is 0 Å². The molecule has 0 radical (unpaired) electrons. The highest BCUT2D eigenvalue weighted by Crippen LogP contribution is 2.12. The fraction of sp³-hybridized carbons (Fsp3) is 0.909. The van der Waals surface area contributed by atoms with E-state index in [1.807, 2.05) is 0 Å². The maximum absolute atomic E-state index is 10.7. The lowest BCUT2D eigenvalue weighted by Gasteiger charge is -2.23. The Kier molecular flexibility index (Phi) is 6.16. The number of methoxy groups -OCH3 is 1. The van der Waals surface area contributed by atoms with E-state index in [2.05, 4.69) is 15.4 Å². The second kappa shape index (κ2) is 7.51. The molecule has 1 saturated heterocycles. The summed E-state index contributed by atoms with van der Waals surface area (Å²) in [7, 11) is 1.39. The van der Waals surface area contributed by atoms with Crippen LogP contribution in [0.5, 0.6) is 0 Å². The van der Waals surface area contributed by atoms with Crippen LogP contribution in [-0.4, -0.2) is 32.3 Å². The van der Waals surface area contributed by atoms with Crippen LogP contribution in [0.15, 0.2) is 0 Å². The number of ether oxygens (including phenoxy) is 1. The second-order valence-electron chi connectivity index (χ2n) is 4.06. The van der Waals surface area contributed by atoms with Crippen molar-refractivity contribution in [3.8, 4) is 0 Å². The second-order valence-corrected chi connectivity index (χ2v) is 4.06. The van der Waals surface area contributed by atoms with Crippen molar-refractivity contribution in [1.82, 2.24) is 10.6 Å². The quantitative estimate of drug-likeness (QED) is 0.684. The largest absolute Gasteiger partial charge is 0.453 e. The number of piperidine rings is 1. The SMILES string of the molecule is COC(=O)NCCCCC1CCCCN1. The molecule has 1 rings (SSSR count). The highest BCUT2D eigenvalue weighted by atomic mass is 16.5. The molecule has 1 amide bonds. The van der Waals surface area contributed by atoms with Crippen LogP contribution < -0.4 is 10.6 Å². The van der Waals surface area contributed by atoms with Gasteiger partial charge in [-0.25, -0.2) is 4.79 Å². The van der Waals surface area contributed by atoms with Gasteiger partial charge in [0.1, 0.15) is 0 Å². The Bertz CT molecular complexity index is 179. The summed E-state index contributed by atoms with van der Waals surface area (Å²) in [6.07, 6.45) is 7.09. The van der Waals surface area contributed by atoms with Gasteiger partial charge in [0.15, 0.2) is 0 Å². The number of alkyl carbamates (subject to hydrolysis) is 1. The van der Waals surface area contributed by atoms with Gasteiger partial charge >= 0.3 is 6.09 Å². The van der Waals surface area contributed by atoms with Crippen LogP contribution in [0.25, 0.3) is 0 Å². The topological polar surface area (TPSA) is 50.4 Å². The predicted molar refractivity (Wildman–Crippen MR) is 59.9 cm³/mol. The number of amides is 1. The number of carbonyl (C=O) groups is 1. The van der Waals surface area contributed by atoms with Crippen LogP contribution >= 0.6 is 0 Å². The first-order chi connectivity index (χ1) is 7.33. The van der Waals surface area contributed by atoms with Crippen molar-refractivity contribution in [2.45, 2.75) is 44.6 Å². The minimum atomic E-state index is -0.328. The normalized spacial score (nSPS) is 21.0. The summed E-state index contributed by atoms with van der Waals surface area (Å²) in [5.74, 6) is 0. The molecule has 0 spiro atoms. The molecule has 0 bridgehead atoms. The van der Waals surface area contributed by atoms with Gasteiger partial charge in [-0.15, -0.1) is 0 Å². The van der Waals surface area contributed by atoms with Gasteiger partial charge in [0, 0.05) is 12.6 Å². The number of hydrogen-bond acceptors (Lipinski definition) is 3. The van der Waals surface area contributed by atoms with E-state index in [1.165, 1.54) is 45.8 Å². The lowest BCUT2D eigenvalue weighted by atomic mass is 10.00. The molecule has 1 aliphatic heterocycles. The van der Waals surface area contributed by atoms with Crippen molar-refractivity contribution in [2.24, 2.45) is 0 Å². The summed E-state index contributed by atoms with van der Waals surface area (Å²) in [6.45, 7) is 1.89. The standard InChI is InChI=1S/C11H22N2O2/c1-15-11(14)13-9-5-3-7-10-6-2-4-8-12-10/h10,12H,2-9H2,1H3,(H,13,14). The summed E-state index contributed by atoms with van der Waals surface area (Å²) in [4.78, 5) is 10.7. The number of hydrogen-bond donors (Lipinski definition) is 2. The Morgan fingerprint density at radius 2 is 2.33 bits per heavy atom. The molecule has 88 valence electrons. The predicted octanol–water partition coefficient (Wildman–Crippen LogP) is 1.65. The van der Waals surface area contributed by atoms with E-state index in [0.717, 1.165) is 13.0 Å². The molecule has 0 saturated carbocycles. The van der Waals surface area contributed by atoms with E-state index in [-0.39, 0.29) is 6.09 Å². The Morgan fingerprint density at radius 1 is 1.47 bits per heavy atom. The minimum Gasteiger partial charge on any atom is -0.453 e. The first-order valence-electron chi connectivity index (χ1n) is 5.88. The smallest absolute Gasteiger partial charge is 0.406 e. The van der Waals surface area contributed by atoms with Gasteiger partial charge in [-0.2, -0.15) is 0 Å². The third-order valence-electron chi connectivity index (χ3n) is 2.85. The first-order valence-corrected chi connectivity index (χ1v) is 5.88. The third kappa shape index (κ3) is 5.62. The number of rotatable bonds is 5. The van der Waals surface area contributed by atoms with E-state index >= 15 is 0 Å². The van der Waals surface area contributed by atoms with Crippen molar-refractivity contribution < 1.29 is 9.53 Å². The zero-order valence-electron chi connectivity index (χ0n) is 9.55. The molecule has 15 heavy (non-hydrogen) atoms. The van der Waals surface area contributed by atoms with Crippen LogP contribution in [-0.2, 0) is 4.74 Å². The average molecular weight is 214 g/mol. The Morgan fingerprint density at radius 3 is 3.00 bits per heavy atom. The first kappa shape index (κ1) is 12.3. The van der Waals surface area contributed by atoms with Crippen molar-refractivity contribution in [3.63, 3.8) is 0 Å². The van der Waals surface area contributed by atoms with E-state index in [0.29, 0.717) is 6.04 Å². The minimum absolute atomic E-state index is 0.328. The molecular formula is C11H22N2O2. The highest BCUT2D eigenvalue weighted by Gasteiger charge is 2.11. The molecule has 1 aliphatic rings. The Hall–Kier alpha value is -0.770. The molecule has 0 aromatic heterocycles. The fourth-order valence-corrected chi connectivity index (χ4v) is 1.95. The summed E-state index contributed by atoms with van der Waals surface area (Å²) in [6, 6.07) is 0.705. The molecule has 0 aromatic rings. The van der Waals surface area contributed by atoms with Crippen molar-refractivity contribution >= 4 is 6.09 Å². The molecule has 0 aliphatic carbocycles. The van der Waals surface area contributed by atoms with E-state index < -0.39 is 0 Å². The van der Waals surface area contributed by atoms with Crippen molar-refractivity contribution in [1.29, 1.82) is 0 Å². The monoisotopic (exact) mass is 214 g/mol. The molecule has 2 N–H and O–H groups in total.